The fourth-order valence-corrected chi connectivity index (χ4v) is 1.55. The van der Waals surface area contributed by atoms with Crippen LogP contribution in [0.5, 0.6) is 11.5 Å². The maximum absolute atomic E-state index is 8.38. The van der Waals surface area contributed by atoms with Crippen LogP contribution in [0, 0.1) is 11.3 Å². The van der Waals surface area contributed by atoms with Crippen LogP contribution in [0.1, 0.15) is 19.3 Å². The SMILES string of the molecule is COc1ccccc1OCCNCCCCC#N. The molecule has 1 aromatic carbocycles. The maximum Gasteiger partial charge on any atom is 0.161 e. The van der Waals surface area contributed by atoms with E-state index in [1.807, 2.05) is 24.3 Å². The number of methoxy groups -OCH3 is 1. The van der Waals surface area contributed by atoms with Gasteiger partial charge in [-0.25, -0.2) is 0 Å². The molecule has 0 saturated heterocycles. The van der Waals surface area contributed by atoms with Crippen molar-refractivity contribution < 1.29 is 9.47 Å². The molecule has 1 aromatic rings. The number of nitriles is 1. The Hall–Kier alpha value is -1.73. The van der Waals surface area contributed by atoms with Crippen LogP contribution in [0.15, 0.2) is 24.3 Å². The van der Waals surface area contributed by atoms with Crippen LogP contribution >= 0.6 is 0 Å². The summed E-state index contributed by atoms with van der Waals surface area (Å²) in [6.07, 6.45) is 2.62. The van der Waals surface area contributed by atoms with E-state index >= 15 is 0 Å². The number of para-hydroxylation sites is 2. The van der Waals surface area contributed by atoms with Gasteiger partial charge in [0, 0.05) is 13.0 Å². The zero-order valence-electron chi connectivity index (χ0n) is 10.8. The molecule has 1 rings (SSSR count). The molecule has 0 fully saturated rings. The van der Waals surface area contributed by atoms with E-state index < -0.39 is 0 Å². The number of hydrogen-bond acceptors (Lipinski definition) is 4. The van der Waals surface area contributed by atoms with Gasteiger partial charge in [0.25, 0.3) is 0 Å². The van der Waals surface area contributed by atoms with Gasteiger partial charge >= 0.3 is 0 Å². The molecule has 0 aliphatic rings. The third-order valence-corrected chi connectivity index (χ3v) is 2.50. The molecular formula is C14H20N2O2. The van der Waals surface area contributed by atoms with Gasteiger partial charge in [-0.3, -0.25) is 0 Å². The van der Waals surface area contributed by atoms with Crippen LogP contribution in [0.25, 0.3) is 0 Å². The van der Waals surface area contributed by atoms with Crippen LogP contribution in [-0.2, 0) is 0 Å². The van der Waals surface area contributed by atoms with Crippen LogP contribution in [0.3, 0.4) is 0 Å². The first-order valence-corrected chi connectivity index (χ1v) is 6.22. The van der Waals surface area contributed by atoms with Crippen LogP contribution in [0.4, 0.5) is 0 Å². The lowest BCUT2D eigenvalue weighted by molar-refractivity contribution is 0.292. The van der Waals surface area contributed by atoms with Crippen molar-refractivity contribution in [2.24, 2.45) is 0 Å². The highest BCUT2D eigenvalue weighted by molar-refractivity contribution is 5.39. The molecule has 18 heavy (non-hydrogen) atoms. The van der Waals surface area contributed by atoms with E-state index in [4.69, 9.17) is 14.7 Å². The summed E-state index contributed by atoms with van der Waals surface area (Å²) < 4.78 is 10.8. The summed E-state index contributed by atoms with van der Waals surface area (Å²) in [5.74, 6) is 1.53. The van der Waals surface area contributed by atoms with E-state index in [0.29, 0.717) is 13.0 Å². The highest BCUT2D eigenvalue weighted by Crippen LogP contribution is 2.25. The Kier molecular flexibility index (Phi) is 7.42. The molecule has 0 spiro atoms. The van der Waals surface area contributed by atoms with Crippen molar-refractivity contribution >= 4 is 0 Å². The predicted molar refractivity (Wildman–Crippen MR) is 70.8 cm³/mol. The number of benzene rings is 1. The van der Waals surface area contributed by atoms with E-state index in [1.54, 1.807) is 7.11 Å². The summed E-state index contributed by atoms with van der Waals surface area (Å²) in [4.78, 5) is 0. The maximum atomic E-state index is 8.38. The first-order valence-electron chi connectivity index (χ1n) is 6.22. The van der Waals surface area contributed by atoms with Crippen LogP contribution in [-0.4, -0.2) is 26.8 Å². The van der Waals surface area contributed by atoms with Crippen molar-refractivity contribution in [1.82, 2.24) is 5.32 Å². The minimum atomic E-state index is 0.610. The molecule has 98 valence electrons. The molecule has 4 heteroatoms. The minimum Gasteiger partial charge on any atom is -0.493 e. The highest BCUT2D eigenvalue weighted by Gasteiger charge is 2.01. The number of ether oxygens (including phenoxy) is 2. The molecule has 0 radical (unpaired) electrons. The predicted octanol–water partition coefficient (Wildman–Crippen LogP) is 2.36. The van der Waals surface area contributed by atoms with Crippen LogP contribution in [0.2, 0.25) is 0 Å². The van der Waals surface area contributed by atoms with Crippen molar-refractivity contribution in [3.8, 4) is 17.6 Å². The molecule has 0 aromatic heterocycles. The van der Waals surface area contributed by atoms with Crippen molar-refractivity contribution in [3.05, 3.63) is 24.3 Å². The smallest absolute Gasteiger partial charge is 0.161 e. The van der Waals surface area contributed by atoms with Gasteiger partial charge in [0.2, 0.25) is 0 Å². The molecule has 4 nitrogen and oxygen atoms in total. The lowest BCUT2D eigenvalue weighted by atomic mass is 10.2. The molecule has 0 aliphatic carbocycles. The molecular weight excluding hydrogens is 228 g/mol. The van der Waals surface area contributed by atoms with Crippen LogP contribution < -0.4 is 14.8 Å². The van der Waals surface area contributed by atoms with Crippen molar-refractivity contribution in [3.63, 3.8) is 0 Å². The summed E-state index contributed by atoms with van der Waals surface area (Å²) in [6, 6.07) is 9.75. The summed E-state index contributed by atoms with van der Waals surface area (Å²) in [5, 5.41) is 11.7. The Balaban J connectivity index is 2.09. The molecule has 1 N–H and O–H groups in total. The van der Waals surface area contributed by atoms with Gasteiger partial charge in [-0.05, 0) is 31.5 Å². The van der Waals surface area contributed by atoms with Gasteiger partial charge in [-0.2, -0.15) is 5.26 Å². The highest BCUT2D eigenvalue weighted by atomic mass is 16.5. The van der Waals surface area contributed by atoms with Crippen molar-refractivity contribution in [2.75, 3.05) is 26.8 Å². The average Bonchev–Trinajstić information content (AvgIpc) is 2.42. The van der Waals surface area contributed by atoms with E-state index in [-0.39, 0.29) is 0 Å². The Morgan fingerprint density at radius 1 is 1.17 bits per heavy atom. The number of hydrogen-bond donors (Lipinski definition) is 1. The Labute approximate surface area is 109 Å². The normalized spacial score (nSPS) is 9.78. The minimum absolute atomic E-state index is 0.610. The monoisotopic (exact) mass is 248 g/mol. The molecule has 0 bridgehead atoms. The van der Waals surface area contributed by atoms with Crippen molar-refractivity contribution in [1.29, 1.82) is 5.26 Å². The largest absolute Gasteiger partial charge is 0.493 e. The van der Waals surface area contributed by atoms with E-state index in [0.717, 1.165) is 37.4 Å². The van der Waals surface area contributed by atoms with Gasteiger partial charge in [0.15, 0.2) is 11.5 Å². The number of unbranched alkanes of at least 4 members (excludes halogenated alkanes) is 2. The second-order valence-electron chi connectivity index (χ2n) is 3.86. The fourth-order valence-electron chi connectivity index (χ4n) is 1.55. The van der Waals surface area contributed by atoms with Crippen molar-refractivity contribution in [2.45, 2.75) is 19.3 Å². The third-order valence-electron chi connectivity index (χ3n) is 2.50. The molecule has 0 atom stereocenters. The van der Waals surface area contributed by atoms with E-state index in [2.05, 4.69) is 11.4 Å². The summed E-state index contributed by atoms with van der Waals surface area (Å²) in [6.45, 7) is 2.33. The first kappa shape index (κ1) is 14.3. The standard InChI is InChI=1S/C14H20N2O2/c1-17-13-7-3-4-8-14(13)18-12-11-16-10-6-2-5-9-15/h3-4,7-8,16H,2,5-6,10-12H2,1H3. The molecule has 0 unspecified atom stereocenters. The van der Waals surface area contributed by atoms with Gasteiger partial charge in [0.1, 0.15) is 6.61 Å². The molecule has 0 aliphatic heterocycles. The quantitative estimate of drug-likeness (QED) is 0.682. The summed E-state index contributed by atoms with van der Waals surface area (Å²) >= 11 is 0. The molecule has 0 saturated carbocycles. The number of nitrogens with zero attached hydrogens (tertiary/aromatic N) is 1. The van der Waals surface area contributed by atoms with E-state index in [9.17, 15) is 0 Å². The van der Waals surface area contributed by atoms with E-state index in [1.165, 1.54) is 0 Å². The third kappa shape index (κ3) is 5.55. The Morgan fingerprint density at radius 3 is 2.67 bits per heavy atom. The Morgan fingerprint density at radius 2 is 1.94 bits per heavy atom. The second kappa shape index (κ2) is 9.32. The average molecular weight is 248 g/mol. The van der Waals surface area contributed by atoms with Gasteiger partial charge < -0.3 is 14.8 Å². The number of rotatable bonds is 9. The zero-order valence-corrected chi connectivity index (χ0v) is 10.8. The summed E-state index contributed by atoms with van der Waals surface area (Å²) in [7, 11) is 1.63. The number of nitrogens with one attached hydrogen (secondary N) is 1. The van der Waals surface area contributed by atoms with Gasteiger partial charge in [-0.15, -0.1) is 0 Å². The second-order valence-corrected chi connectivity index (χ2v) is 3.86. The van der Waals surface area contributed by atoms with Gasteiger partial charge in [0.05, 0.1) is 13.2 Å². The summed E-state index contributed by atoms with van der Waals surface area (Å²) in [5.41, 5.74) is 0. The van der Waals surface area contributed by atoms with Gasteiger partial charge in [-0.1, -0.05) is 12.1 Å². The fraction of sp³-hybridized carbons (Fsp3) is 0.500. The Bertz CT molecular complexity index is 374. The lowest BCUT2D eigenvalue weighted by Crippen LogP contribution is -2.22. The molecule has 0 heterocycles. The lowest BCUT2D eigenvalue weighted by Gasteiger charge is -2.10. The topological polar surface area (TPSA) is 54.3 Å². The molecule has 0 amide bonds. The first-order chi connectivity index (χ1) is 8.88. The zero-order chi connectivity index (χ0) is 13.1.